The summed E-state index contributed by atoms with van der Waals surface area (Å²) in [6.45, 7) is 0.303. The number of aromatic nitrogens is 3. The number of likely N-dealkylation sites (N-methyl/N-ethyl adjacent to an activating group) is 1. The highest BCUT2D eigenvalue weighted by Crippen LogP contribution is 2.41. The van der Waals surface area contributed by atoms with Gasteiger partial charge in [0.2, 0.25) is 5.95 Å². The summed E-state index contributed by atoms with van der Waals surface area (Å²) in [7, 11) is 3.21. The molecule has 3 amide bonds. The van der Waals surface area contributed by atoms with Gasteiger partial charge >= 0.3 is 6.03 Å². The van der Waals surface area contributed by atoms with Gasteiger partial charge in [0.05, 0.1) is 7.11 Å². The van der Waals surface area contributed by atoms with Crippen LogP contribution in [0.4, 0.5) is 15.1 Å². The lowest BCUT2D eigenvalue weighted by molar-refractivity contribution is -0.124. The number of carbonyl (C=O) groups excluding carboxylic acids is 2. The predicted molar refractivity (Wildman–Crippen MR) is 109 cm³/mol. The number of fused-ring (bicyclic) bond motifs is 3. The van der Waals surface area contributed by atoms with Crippen molar-refractivity contribution in [1.82, 2.24) is 25.0 Å². The summed E-state index contributed by atoms with van der Waals surface area (Å²) in [5.41, 5.74) is 1.57. The molecular weight excluding hydrogens is 403 g/mol. The number of hydrogen-bond acceptors (Lipinski definition) is 6. The molecule has 1 aromatic heterocycles. The number of anilines is 1. The zero-order valence-electron chi connectivity index (χ0n) is 16.8. The van der Waals surface area contributed by atoms with E-state index in [9.17, 15) is 14.0 Å². The van der Waals surface area contributed by atoms with Crippen LogP contribution in [0.25, 0.3) is 11.4 Å². The van der Waals surface area contributed by atoms with Crippen molar-refractivity contribution in [3.8, 4) is 17.1 Å². The van der Waals surface area contributed by atoms with Crippen LogP contribution in [-0.4, -0.2) is 51.8 Å². The van der Waals surface area contributed by atoms with Crippen molar-refractivity contribution in [3.63, 3.8) is 0 Å². The fraction of sp³-hybridized carbons (Fsp3) is 0.238. The first-order chi connectivity index (χ1) is 15.0. The number of benzene rings is 2. The minimum atomic E-state index is -0.699. The smallest absolute Gasteiger partial charge is 0.325 e. The van der Waals surface area contributed by atoms with Crippen molar-refractivity contribution >= 4 is 17.9 Å². The van der Waals surface area contributed by atoms with Crippen molar-refractivity contribution in [2.75, 3.05) is 19.1 Å². The number of urea groups is 1. The van der Waals surface area contributed by atoms with Gasteiger partial charge in [-0.3, -0.25) is 14.7 Å². The van der Waals surface area contributed by atoms with E-state index in [0.717, 1.165) is 11.1 Å². The van der Waals surface area contributed by atoms with Crippen molar-refractivity contribution in [2.24, 2.45) is 0 Å². The first-order valence-electron chi connectivity index (χ1n) is 9.66. The van der Waals surface area contributed by atoms with Gasteiger partial charge in [0.25, 0.3) is 5.91 Å². The molecule has 0 aliphatic carbocycles. The highest BCUT2D eigenvalue weighted by molar-refractivity contribution is 6.02. The molecule has 9 nitrogen and oxygen atoms in total. The number of carbonyl (C=O) groups is 2. The lowest BCUT2D eigenvalue weighted by atomic mass is 10.1. The van der Waals surface area contributed by atoms with Crippen LogP contribution in [0, 0.1) is 5.82 Å². The topological polar surface area (TPSA) is 92.6 Å². The summed E-state index contributed by atoms with van der Waals surface area (Å²) in [6, 6.07) is 12.2. The maximum absolute atomic E-state index is 13.4. The quantitative estimate of drug-likeness (QED) is 0.693. The normalized spacial score (nSPS) is 19.8. The summed E-state index contributed by atoms with van der Waals surface area (Å²) < 4.78 is 20.4. The first kappa shape index (κ1) is 19.0. The summed E-state index contributed by atoms with van der Waals surface area (Å²) in [5.74, 6) is 0.936. The van der Waals surface area contributed by atoms with Crippen LogP contribution in [-0.2, 0) is 11.3 Å². The van der Waals surface area contributed by atoms with E-state index in [-0.39, 0.29) is 5.82 Å². The van der Waals surface area contributed by atoms with Crippen LogP contribution in [0.5, 0.6) is 5.75 Å². The minimum absolute atomic E-state index is 0.303. The molecule has 0 radical (unpaired) electrons. The maximum Gasteiger partial charge on any atom is 0.325 e. The standard InChI is InChI=1S/C21H19FN6O3/c1-26-19-16(18(29)23-21(26)30)27(11-12-3-7-14(22)8-4-12)20-25-24-17(28(19)20)13-5-9-15(31-2)10-6-13/h3-10,16,19H,11H2,1-2H3,(H,23,29,30). The number of nitrogens with one attached hydrogen (secondary N) is 1. The van der Waals surface area contributed by atoms with E-state index in [4.69, 9.17) is 4.74 Å². The molecule has 5 rings (SSSR count). The molecule has 10 heteroatoms. The van der Waals surface area contributed by atoms with Crippen molar-refractivity contribution in [2.45, 2.75) is 18.8 Å². The van der Waals surface area contributed by atoms with Crippen LogP contribution in [0.3, 0.4) is 0 Å². The van der Waals surface area contributed by atoms with Gasteiger partial charge in [0.1, 0.15) is 17.7 Å². The number of amides is 3. The molecule has 0 saturated carbocycles. The van der Waals surface area contributed by atoms with E-state index in [1.165, 1.54) is 17.0 Å². The molecule has 2 aromatic carbocycles. The average Bonchev–Trinajstić information content (AvgIpc) is 3.33. The van der Waals surface area contributed by atoms with Crippen LogP contribution in [0.1, 0.15) is 11.7 Å². The fourth-order valence-corrected chi connectivity index (χ4v) is 4.09. The third kappa shape index (κ3) is 2.98. The summed E-state index contributed by atoms with van der Waals surface area (Å²) in [6.07, 6.45) is -0.621. The number of nitrogens with zero attached hydrogens (tertiary/aromatic N) is 5. The maximum atomic E-state index is 13.4. The Hall–Kier alpha value is -3.95. The second-order valence-electron chi connectivity index (χ2n) is 7.44. The van der Waals surface area contributed by atoms with Crippen molar-refractivity contribution in [3.05, 3.63) is 59.9 Å². The Kier molecular flexibility index (Phi) is 4.35. The molecule has 2 aliphatic rings. The van der Waals surface area contributed by atoms with Gasteiger partial charge in [0, 0.05) is 19.2 Å². The molecular formula is C21H19FN6O3. The van der Waals surface area contributed by atoms with Crippen molar-refractivity contribution < 1.29 is 18.7 Å². The van der Waals surface area contributed by atoms with E-state index in [1.54, 1.807) is 35.8 Å². The average molecular weight is 422 g/mol. The lowest BCUT2D eigenvalue weighted by Gasteiger charge is -2.37. The van der Waals surface area contributed by atoms with E-state index >= 15 is 0 Å². The third-order valence-electron chi connectivity index (χ3n) is 5.65. The molecule has 31 heavy (non-hydrogen) atoms. The van der Waals surface area contributed by atoms with E-state index in [1.807, 2.05) is 24.3 Å². The summed E-state index contributed by atoms with van der Waals surface area (Å²) in [5, 5.41) is 11.1. The molecule has 3 aromatic rings. The number of halogens is 1. The largest absolute Gasteiger partial charge is 0.497 e. The molecule has 1 fully saturated rings. The summed E-state index contributed by atoms with van der Waals surface area (Å²) >= 11 is 0. The number of hydrogen-bond donors (Lipinski definition) is 1. The monoisotopic (exact) mass is 422 g/mol. The Morgan fingerprint density at radius 1 is 1.06 bits per heavy atom. The molecule has 3 heterocycles. The van der Waals surface area contributed by atoms with E-state index in [0.29, 0.717) is 24.1 Å². The van der Waals surface area contributed by atoms with Gasteiger partial charge in [-0.1, -0.05) is 12.1 Å². The zero-order chi connectivity index (χ0) is 21.7. The van der Waals surface area contributed by atoms with Gasteiger partial charge in [-0.25, -0.2) is 9.18 Å². The lowest BCUT2D eigenvalue weighted by Crippen LogP contribution is -2.61. The first-order valence-corrected chi connectivity index (χ1v) is 9.66. The Bertz CT molecular complexity index is 1160. The predicted octanol–water partition coefficient (Wildman–Crippen LogP) is 2.16. The Morgan fingerprint density at radius 3 is 2.45 bits per heavy atom. The van der Waals surface area contributed by atoms with Gasteiger partial charge in [-0.05, 0) is 42.0 Å². The highest BCUT2D eigenvalue weighted by atomic mass is 19.1. The molecule has 158 valence electrons. The second-order valence-corrected chi connectivity index (χ2v) is 7.44. The SMILES string of the molecule is COc1ccc(-c2nnc3n2C2C(C(=O)NC(=O)N2C)N3Cc2ccc(F)cc2)cc1. The number of ether oxygens (including phenoxy) is 1. The number of rotatable bonds is 4. The van der Waals surface area contributed by atoms with Crippen molar-refractivity contribution in [1.29, 1.82) is 0 Å². The summed E-state index contributed by atoms with van der Waals surface area (Å²) in [4.78, 5) is 28.5. The fourth-order valence-electron chi connectivity index (χ4n) is 4.09. The Labute approximate surface area is 177 Å². The van der Waals surface area contributed by atoms with Crippen LogP contribution < -0.4 is 15.0 Å². The third-order valence-corrected chi connectivity index (χ3v) is 5.65. The Morgan fingerprint density at radius 2 is 1.77 bits per heavy atom. The van der Waals surface area contributed by atoms with Gasteiger partial charge in [-0.15, -0.1) is 10.2 Å². The Balaban J connectivity index is 1.61. The van der Waals surface area contributed by atoms with Gasteiger partial charge in [0.15, 0.2) is 11.9 Å². The zero-order valence-corrected chi connectivity index (χ0v) is 16.8. The minimum Gasteiger partial charge on any atom is -0.497 e. The number of imide groups is 1. The van der Waals surface area contributed by atoms with Crippen LogP contribution >= 0.6 is 0 Å². The second kappa shape index (κ2) is 7.08. The van der Waals surface area contributed by atoms with Gasteiger partial charge in [-0.2, -0.15) is 0 Å². The molecule has 1 N–H and O–H groups in total. The molecule has 2 unspecified atom stereocenters. The molecule has 0 spiro atoms. The van der Waals surface area contributed by atoms with Crippen LogP contribution in [0.2, 0.25) is 0 Å². The highest BCUT2D eigenvalue weighted by Gasteiger charge is 2.52. The van der Waals surface area contributed by atoms with Crippen LogP contribution in [0.15, 0.2) is 48.5 Å². The van der Waals surface area contributed by atoms with E-state index < -0.39 is 24.1 Å². The molecule has 2 atom stereocenters. The van der Waals surface area contributed by atoms with Gasteiger partial charge < -0.3 is 14.5 Å². The number of methoxy groups -OCH3 is 1. The van der Waals surface area contributed by atoms with E-state index in [2.05, 4.69) is 15.5 Å². The molecule has 0 bridgehead atoms. The molecule has 2 aliphatic heterocycles. The molecule has 1 saturated heterocycles.